The highest BCUT2D eigenvalue weighted by molar-refractivity contribution is 5.89. The van der Waals surface area contributed by atoms with E-state index >= 15 is 0 Å². The molecule has 152 valence electrons. The van der Waals surface area contributed by atoms with Crippen molar-refractivity contribution in [3.8, 4) is 11.8 Å². The van der Waals surface area contributed by atoms with Crippen molar-refractivity contribution in [2.75, 3.05) is 19.7 Å². The lowest BCUT2D eigenvalue weighted by Crippen LogP contribution is -2.73. The van der Waals surface area contributed by atoms with E-state index < -0.39 is 0 Å². The average Bonchev–Trinajstić information content (AvgIpc) is 3.44. The molecule has 0 aromatic heterocycles. The fourth-order valence-electron chi connectivity index (χ4n) is 5.30. The Kier molecular flexibility index (Phi) is 4.83. The van der Waals surface area contributed by atoms with Gasteiger partial charge in [0.1, 0.15) is 0 Å². The third-order valence-corrected chi connectivity index (χ3v) is 7.06. The van der Waals surface area contributed by atoms with Crippen LogP contribution in [0.25, 0.3) is 0 Å². The Morgan fingerprint density at radius 3 is 2.48 bits per heavy atom. The molecule has 2 saturated heterocycles. The third kappa shape index (κ3) is 3.44. The van der Waals surface area contributed by atoms with Gasteiger partial charge in [0.15, 0.2) is 0 Å². The van der Waals surface area contributed by atoms with Crippen LogP contribution in [0.3, 0.4) is 0 Å². The smallest absolute Gasteiger partial charge is 0.242 e. The number of benzene rings is 1. The Hall–Kier alpha value is -2.32. The van der Waals surface area contributed by atoms with Gasteiger partial charge in [-0.2, -0.15) is 0 Å². The third-order valence-electron chi connectivity index (χ3n) is 7.06. The molecule has 5 rings (SSSR count). The van der Waals surface area contributed by atoms with Crippen LogP contribution in [0.2, 0.25) is 0 Å². The number of hydrogen-bond donors (Lipinski definition) is 1. The van der Waals surface area contributed by atoms with E-state index in [0.29, 0.717) is 12.5 Å². The highest BCUT2D eigenvalue weighted by Gasteiger charge is 2.55. The van der Waals surface area contributed by atoms with Crippen LogP contribution in [0.5, 0.6) is 0 Å². The second-order valence-corrected chi connectivity index (χ2v) is 9.01. The molecule has 29 heavy (non-hydrogen) atoms. The maximum absolute atomic E-state index is 12.6. The monoisotopic (exact) mass is 392 g/mol. The SMILES string of the molecule is O=C(C1CC1)N1CC(=O)N2[C@H](CO)[C@@H](c3ccc(C#CC4CCCC4)cc3)[C@@H]2C1. The van der Waals surface area contributed by atoms with Crippen molar-refractivity contribution < 1.29 is 14.7 Å². The number of carbonyl (C=O) groups is 2. The van der Waals surface area contributed by atoms with Gasteiger partial charge >= 0.3 is 0 Å². The number of hydrogen-bond acceptors (Lipinski definition) is 3. The Bertz CT molecular complexity index is 858. The van der Waals surface area contributed by atoms with Crippen molar-refractivity contribution >= 4 is 11.8 Å². The maximum Gasteiger partial charge on any atom is 0.242 e. The van der Waals surface area contributed by atoms with Gasteiger partial charge in [0.05, 0.1) is 25.2 Å². The quantitative estimate of drug-likeness (QED) is 0.802. The van der Waals surface area contributed by atoms with Gasteiger partial charge < -0.3 is 14.9 Å². The molecule has 5 heteroatoms. The summed E-state index contributed by atoms with van der Waals surface area (Å²) in [5.74, 6) is 7.51. The standard InChI is InChI=1S/C24H28N2O3/c27-15-21-23(18-9-7-17(8-10-18)6-5-16-3-1-2-4-16)20-13-25(14-22(28)26(20)21)24(29)19-11-12-19/h7-10,16,19-21,23,27H,1-4,11-15H2/t20-,21+,23-/m0/s1. The largest absolute Gasteiger partial charge is 0.394 e. The summed E-state index contributed by atoms with van der Waals surface area (Å²) in [7, 11) is 0. The first-order valence-electron chi connectivity index (χ1n) is 11.0. The second kappa shape index (κ2) is 7.50. The summed E-state index contributed by atoms with van der Waals surface area (Å²) in [4.78, 5) is 28.7. The number of amides is 2. The number of rotatable bonds is 3. The number of aliphatic hydroxyl groups excluding tert-OH is 1. The van der Waals surface area contributed by atoms with Crippen molar-refractivity contribution in [1.29, 1.82) is 0 Å². The molecule has 4 fully saturated rings. The van der Waals surface area contributed by atoms with Gasteiger partial charge in [0, 0.05) is 29.9 Å². The lowest BCUT2D eigenvalue weighted by Gasteiger charge is -2.58. The molecule has 0 spiro atoms. The zero-order valence-electron chi connectivity index (χ0n) is 16.7. The Balaban J connectivity index is 1.32. The second-order valence-electron chi connectivity index (χ2n) is 9.01. The molecule has 3 atom stereocenters. The van der Waals surface area contributed by atoms with Crippen LogP contribution in [0.15, 0.2) is 24.3 Å². The van der Waals surface area contributed by atoms with Crippen molar-refractivity contribution in [1.82, 2.24) is 9.80 Å². The van der Waals surface area contributed by atoms with E-state index in [9.17, 15) is 14.7 Å². The fourth-order valence-corrected chi connectivity index (χ4v) is 5.30. The summed E-state index contributed by atoms with van der Waals surface area (Å²) in [6.07, 6.45) is 6.91. The van der Waals surface area contributed by atoms with Crippen LogP contribution in [-0.4, -0.2) is 58.5 Å². The van der Waals surface area contributed by atoms with Crippen molar-refractivity contribution in [3.63, 3.8) is 0 Å². The number of piperazine rings is 1. The maximum atomic E-state index is 12.6. The molecule has 2 amide bonds. The van der Waals surface area contributed by atoms with Gasteiger partial charge in [-0.25, -0.2) is 0 Å². The minimum absolute atomic E-state index is 0.0356. The van der Waals surface area contributed by atoms with Crippen LogP contribution < -0.4 is 0 Å². The summed E-state index contributed by atoms with van der Waals surface area (Å²) < 4.78 is 0. The van der Waals surface area contributed by atoms with E-state index in [2.05, 4.69) is 24.0 Å². The molecule has 0 radical (unpaired) electrons. The minimum atomic E-state index is -0.193. The van der Waals surface area contributed by atoms with Crippen LogP contribution >= 0.6 is 0 Å². The van der Waals surface area contributed by atoms with Gasteiger partial charge in [0.25, 0.3) is 0 Å². The zero-order chi connectivity index (χ0) is 20.0. The summed E-state index contributed by atoms with van der Waals surface area (Å²) in [5.41, 5.74) is 2.13. The predicted molar refractivity (Wildman–Crippen MR) is 109 cm³/mol. The highest BCUT2D eigenvalue weighted by Crippen LogP contribution is 2.43. The molecule has 2 aliphatic carbocycles. The molecule has 0 unspecified atom stereocenters. The first-order chi connectivity index (χ1) is 14.2. The van der Waals surface area contributed by atoms with E-state index in [1.165, 1.54) is 25.7 Å². The zero-order valence-corrected chi connectivity index (χ0v) is 16.7. The van der Waals surface area contributed by atoms with Crippen molar-refractivity contribution in [3.05, 3.63) is 35.4 Å². The lowest BCUT2D eigenvalue weighted by atomic mass is 9.73. The highest BCUT2D eigenvalue weighted by atomic mass is 16.3. The van der Waals surface area contributed by atoms with Gasteiger partial charge in [-0.05, 0) is 43.4 Å². The van der Waals surface area contributed by atoms with Gasteiger partial charge in [0.2, 0.25) is 11.8 Å². The van der Waals surface area contributed by atoms with Crippen molar-refractivity contribution in [2.24, 2.45) is 11.8 Å². The molecular weight excluding hydrogens is 364 g/mol. The predicted octanol–water partition coefficient (Wildman–Crippen LogP) is 2.14. The van der Waals surface area contributed by atoms with Crippen molar-refractivity contribution in [2.45, 2.75) is 56.5 Å². The van der Waals surface area contributed by atoms with Gasteiger partial charge in [-0.1, -0.05) is 36.8 Å². The Morgan fingerprint density at radius 1 is 1.10 bits per heavy atom. The molecule has 0 bridgehead atoms. The normalized spacial score (nSPS) is 29.1. The molecule has 2 heterocycles. The van der Waals surface area contributed by atoms with Gasteiger partial charge in [-0.3, -0.25) is 9.59 Å². The lowest BCUT2D eigenvalue weighted by molar-refractivity contribution is -0.167. The Labute approximate surface area is 172 Å². The van der Waals surface area contributed by atoms with Crippen LogP contribution in [0.4, 0.5) is 0 Å². The molecule has 1 N–H and O–H groups in total. The van der Waals surface area contributed by atoms with E-state index in [1.54, 1.807) is 9.80 Å². The fraction of sp³-hybridized carbons (Fsp3) is 0.583. The Morgan fingerprint density at radius 2 is 1.83 bits per heavy atom. The average molecular weight is 392 g/mol. The van der Waals surface area contributed by atoms with E-state index in [-0.39, 0.29) is 48.9 Å². The topological polar surface area (TPSA) is 60.9 Å². The first-order valence-corrected chi connectivity index (χ1v) is 11.0. The van der Waals surface area contributed by atoms with E-state index in [1.807, 2.05) is 12.1 Å². The first kappa shape index (κ1) is 18.7. The van der Waals surface area contributed by atoms with Crippen LogP contribution in [-0.2, 0) is 9.59 Å². The molecule has 2 saturated carbocycles. The molecule has 2 aliphatic heterocycles. The van der Waals surface area contributed by atoms with E-state index in [4.69, 9.17) is 0 Å². The summed E-state index contributed by atoms with van der Waals surface area (Å²) in [5, 5.41) is 9.91. The number of nitrogens with zero attached hydrogens (tertiary/aromatic N) is 2. The van der Waals surface area contributed by atoms with E-state index in [0.717, 1.165) is 24.0 Å². The molecule has 5 nitrogen and oxygen atoms in total. The molecule has 4 aliphatic rings. The van der Waals surface area contributed by atoms with Gasteiger partial charge in [-0.15, -0.1) is 0 Å². The number of carbonyl (C=O) groups excluding carboxylic acids is 2. The summed E-state index contributed by atoms with van der Waals surface area (Å²) in [6.45, 7) is 0.683. The molecule has 1 aromatic rings. The minimum Gasteiger partial charge on any atom is -0.394 e. The van der Waals surface area contributed by atoms with Crippen LogP contribution in [0.1, 0.15) is 55.6 Å². The number of fused-ring (bicyclic) bond motifs is 1. The van der Waals surface area contributed by atoms with Crippen LogP contribution in [0, 0.1) is 23.7 Å². The molecular formula is C24H28N2O3. The number of aliphatic hydroxyl groups is 1. The summed E-state index contributed by atoms with van der Waals surface area (Å²) >= 11 is 0. The molecule has 1 aromatic carbocycles. The summed E-state index contributed by atoms with van der Waals surface area (Å²) in [6, 6.07) is 8.02.